The summed E-state index contributed by atoms with van der Waals surface area (Å²) in [6.07, 6.45) is 4.15. The molecule has 0 aromatic heterocycles. The van der Waals surface area contributed by atoms with Crippen LogP contribution in [0.15, 0.2) is 40.4 Å². The summed E-state index contributed by atoms with van der Waals surface area (Å²) >= 11 is 1.66. The third-order valence-corrected chi connectivity index (χ3v) is 5.66. The summed E-state index contributed by atoms with van der Waals surface area (Å²) < 4.78 is 5.66. The zero-order valence-corrected chi connectivity index (χ0v) is 14.9. The molecule has 0 saturated carbocycles. The van der Waals surface area contributed by atoms with Gasteiger partial charge in [-0.05, 0) is 36.8 Å². The van der Waals surface area contributed by atoms with Crippen LogP contribution in [0.25, 0.3) is 0 Å². The van der Waals surface area contributed by atoms with Gasteiger partial charge in [-0.1, -0.05) is 12.1 Å². The molecule has 0 aliphatic carbocycles. The lowest BCUT2D eigenvalue weighted by Gasteiger charge is -2.25. The van der Waals surface area contributed by atoms with E-state index in [1.54, 1.807) is 16.7 Å². The first kappa shape index (κ1) is 16.5. The molecular formula is C18H21N3O3S. The summed E-state index contributed by atoms with van der Waals surface area (Å²) in [5.74, 6) is -0.0167. The van der Waals surface area contributed by atoms with Crippen LogP contribution in [-0.2, 0) is 9.53 Å². The number of hydrogen-bond acceptors (Lipinski definition) is 4. The zero-order chi connectivity index (χ0) is 17.4. The van der Waals surface area contributed by atoms with Gasteiger partial charge in [-0.3, -0.25) is 4.79 Å². The van der Waals surface area contributed by atoms with E-state index in [9.17, 15) is 9.59 Å². The topological polar surface area (TPSA) is 70.7 Å². The molecule has 2 N–H and O–H groups in total. The highest BCUT2D eigenvalue weighted by Gasteiger charge is 2.41. The molecule has 3 aliphatic rings. The number of benzene rings is 1. The van der Waals surface area contributed by atoms with E-state index in [0.717, 1.165) is 29.9 Å². The quantitative estimate of drug-likeness (QED) is 0.807. The summed E-state index contributed by atoms with van der Waals surface area (Å²) in [6.45, 7) is 1.79. The maximum atomic E-state index is 13.0. The number of rotatable bonds is 4. The second kappa shape index (κ2) is 6.72. The van der Waals surface area contributed by atoms with E-state index in [1.807, 2.05) is 30.5 Å². The van der Waals surface area contributed by atoms with Gasteiger partial charge in [-0.25, -0.2) is 4.79 Å². The average Bonchev–Trinajstić information content (AvgIpc) is 3.23. The highest BCUT2D eigenvalue weighted by molar-refractivity contribution is 7.98. The fraction of sp³-hybridized carbons (Fsp3) is 0.444. The fourth-order valence-electron chi connectivity index (χ4n) is 3.66. The van der Waals surface area contributed by atoms with Crippen LogP contribution in [0, 0.1) is 0 Å². The molecule has 1 aromatic carbocycles. The lowest BCUT2D eigenvalue weighted by atomic mass is 9.96. The first-order valence-electron chi connectivity index (χ1n) is 8.51. The molecule has 1 saturated heterocycles. The van der Waals surface area contributed by atoms with Crippen LogP contribution in [0.2, 0.25) is 0 Å². The van der Waals surface area contributed by atoms with Gasteiger partial charge in [0, 0.05) is 18.0 Å². The fourth-order valence-corrected chi connectivity index (χ4v) is 4.06. The van der Waals surface area contributed by atoms with Gasteiger partial charge in [0.05, 0.1) is 30.0 Å². The van der Waals surface area contributed by atoms with Gasteiger partial charge in [0.1, 0.15) is 0 Å². The first-order chi connectivity index (χ1) is 12.2. The standard InChI is InChI=1S/C18H21N3O3S/c1-25-13-6-4-11(5-7-13)16-15-14(19-18(23)20-16)10-21(17(15)22)9-12-3-2-8-24-12/h4-7,12,16H,2-3,8-10H2,1H3,(H2,19,20,23)/t12-,16-/m1/s1. The molecule has 3 heterocycles. The van der Waals surface area contributed by atoms with Crippen molar-refractivity contribution in [2.75, 3.05) is 26.0 Å². The maximum absolute atomic E-state index is 13.0. The summed E-state index contributed by atoms with van der Waals surface area (Å²) in [5, 5.41) is 5.70. The molecule has 1 fully saturated rings. The van der Waals surface area contributed by atoms with Crippen LogP contribution < -0.4 is 10.6 Å². The van der Waals surface area contributed by atoms with Crippen molar-refractivity contribution in [2.45, 2.75) is 29.9 Å². The number of nitrogens with zero attached hydrogens (tertiary/aromatic N) is 1. The number of thioether (sulfide) groups is 1. The highest BCUT2D eigenvalue weighted by atomic mass is 32.2. The normalized spacial score (nSPS) is 25.9. The Morgan fingerprint density at radius 3 is 2.76 bits per heavy atom. The van der Waals surface area contributed by atoms with Crippen molar-refractivity contribution in [3.8, 4) is 0 Å². The van der Waals surface area contributed by atoms with Gasteiger partial charge in [-0.15, -0.1) is 11.8 Å². The largest absolute Gasteiger partial charge is 0.376 e. The van der Waals surface area contributed by atoms with Crippen molar-refractivity contribution in [1.29, 1.82) is 0 Å². The van der Waals surface area contributed by atoms with E-state index in [-0.39, 0.29) is 18.0 Å². The van der Waals surface area contributed by atoms with Crippen molar-refractivity contribution < 1.29 is 14.3 Å². The van der Waals surface area contributed by atoms with Crippen LogP contribution in [0.5, 0.6) is 0 Å². The van der Waals surface area contributed by atoms with Gasteiger partial charge in [0.2, 0.25) is 0 Å². The van der Waals surface area contributed by atoms with Crippen molar-refractivity contribution in [1.82, 2.24) is 15.5 Å². The Hall–Kier alpha value is -1.99. The van der Waals surface area contributed by atoms with E-state index < -0.39 is 6.04 Å². The minimum absolute atomic E-state index is 0.0167. The molecule has 25 heavy (non-hydrogen) atoms. The Kier molecular flexibility index (Phi) is 4.43. The minimum Gasteiger partial charge on any atom is -0.376 e. The van der Waals surface area contributed by atoms with E-state index in [0.29, 0.717) is 24.4 Å². The molecule has 7 heteroatoms. The SMILES string of the molecule is CSc1ccc([C@H]2NC(=O)NC3=C2C(=O)N(C[C@H]2CCCO2)C3)cc1. The zero-order valence-electron chi connectivity index (χ0n) is 14.1. The molecular weight excluding hydrogens is 338 g/mol. The molecule has 3 aliphatic heterocycles. The molecule has 6 nitrogen and oxygen atoms in total. The second-order valence-electron chi connectivity index (χ2n) is 6.52. The van der Waals surface area contributed by atoms with Crippen LogP contribution in [0.4, 0.5) is 4.79 Å². The van der Waals surface area contributed by atoms with Crippen molar-refractivity contribution in [3.05, 3.63) is 41.1 Å². The Morgan fingerprint density at radius 1 is 1.28 bits per heavy atom. The molecule has 0 radical (unpaired) electrons. The van der Waals surface area contributed by atoms with Crippen LogP contribution >= 0.6 is 11.8 Å². The van der Waals surface area contributed by atoms with E-state index >= 15 is 0 Å². The van der Waals surface area contributed by atoms with E-state index in [2.05, 4.69) is 10.6 Å². The van der Waals surface area contributed by atoms with Crippen LogP contribution in [-0.4, -0.2) is 48.9 Å². The van der Waals surface area contributed by atoms with Crippen LogP contribution in [0.1, 0.15) is 24.4 Å². The lowest BCUT2D eigenvalue weighted by molar-refractivity contribution is -0.127. The summed E-state index contributed by atoms with van der Waals surface area (Å²) in [6, 6.07) is 7.31. The molecule has 0 spiro atoms. The maximum Gasteiger partial charge on any atom is 0.319 e. The van der Waals surface area contributed by atoms with Gasteiger partial charge in [-0.2, -0.15) is 0 Å². The van der Waals surface area contributed by atoms with Gasteiger partial charge < -0.3 is 20.3 Å². The lowest BCUT2D eigenvalue weighted by Crippen LogP contribution is -2.44. The summed E-state index contributed by atoms with van der Waals surface area (Å²) in [5.41, 5.74) is 2.28. The predicted octanol–water partition coefficient (Wildman–Crippen LogP) is 2.04. The monoisotopic (exact) mass is 359 g/mol. The molecule has 3 amide bonds. The van der Waals surface area contributed by atoms with Gasteiger partial charge >= 0.3 is 6.03 Å². The molecule has 132 valence electrons. The Balaban J connectivity index is 1.58. The third kappa shape index (κ3) is 3.14. The highest BCUT2D eigenvalue weighted by Crippen LogP contribution is 2.33. The van der Waals surface area contributed by atoms with Gasteiger partial charge in [0.15, 0.2) is 0 Å². The molecule has 2 atom stereocenters. The number of urea groups is 1. The Morgan fingerprint density at radius 2 is 2.08 bits per heavy atom. The number of carbonyl (C=O) groups is 2. The number of amides is 3. The first-order valence-corrected chi connectivity index (χ1v) is 9.73. The number of carbonyl (C=O) groups excluding carboxylic acids is 2. The van der Waals surface area contributed by atoms with Crippen molar-refractivity contribution in [2.24, 2.45) is 0 Å². The summed E-state index contributed by atoms with van der Waals surface area (Å²) in [4.78, 5) is 28.0. The smallest absolute Gasteiger partial charge is 0.319 e. The molecule has 4 rings (SSSR count). The van der Waals surface area contributed by atoms with E-state index in [1.165, 1.54) is 0 Å². The number of hydrogen-bond donors (Lipinski definition) is 2. The third-order valence-electron chi connectivity index (χ3n) is 4.92. The summed E-state index contributed by atoms with van der Waals surface area (Å²) in [7, 11) is 0. The molecule has 0 bridgehead atoms. The second-order valence-corrected chi connectivity index (χ2v) is 7.40. The predicted molar refractivity (Wildman–Crippen MR) is 95.2 cm³/mol. The van der Waals surface area contributed by atoms with Gasteiger partial charge in [0.25, 0.3) is 5.91 Å². The number of nitrogens with one attached hydrogen (secondary N) is 2. The Bertz CT molecular complexity index is 726. The van der Waals surface area contributed by atoms with Crippen LogP contribution in [0.3, 0.4) is 0 Å². The molecule has 0 unspecified atom stereocenters. The van der Waals surface area contributed by atoms with Crippen molar-refractivity contribution >= 4 is 23.7 Å². The van der Waals surface area contributed by atoms with Crippen molar-refractivity contribution in [3.63, 3.8) is 0 Å². The average molecular weight is 359 g/mol. The molecule has 1 aromatic rings. The Labute approximate surface area is 151 Å². The minimum atomic E-state index is -0.401. The number of ether oxygens (including phenoxy) is 1. The van der Waals surface area contributed by atoms with E-state index in [4.69, 9.17) is 4.74 Å².